The van der Waals surface area contributed by atoms with Gasteiger partial charge in [-0.3, -0.25) is 9.59 Å². The van der Waals surface area contributed by atoms with Gasteiger partial charge in [-0.1, -0.05) is 48.5 Å². The number of carbonyl (C=O) groups is 2. The molecule has 0 aliphatic carbocycles. The summed E-state index contributed by atoms with van der Waals surface area (Å²) in [5.41, 5.74) is 3.88. The fourth-order valence-corrected chi connectivity index (χ4v) is 3.79. The molecule has 1 unspecified atom stereocenters. The standard InChI is InChI=1S/C24H24N2O2S/c1-17(29-22-14-12-21(13-15-22)25-18(2)27)24(28)26-23-11-7-6-10-20(23)16-19-8-4-3-5-9-19/h3-15,17H,16H2,1-2H3,(H,25,27)(H,26,28). The molecule has 0 fully saturated rings. The first kappa shape index (κ1) is 20.7. The van der Waals surface area contributed by atoms with Crippen molar-refractivity contribution in [3.8, 4) is 0 Å². The quantitative estimate of drug-likeness (QED) is 0.522. The van der Waals surface area contributed by atoms with Gasteiger partial charge < -0.3 is 10.6 Å². The molecule has 0 radical (unpaired) electrons. The Morgan fingerprint density at radius 2 is 1.52 bits per heavy atom. The maximum atomic E-state index is 12.7. The summed E-state index contributed by atoms with van der Waals surface area (Å²) in [6.45, 7) is 3.37. The zero-order chi connectivity index (χ0) is 20.6. The van der Waals surface area contributed by atoms with Crippen molar-refractivity contribution < 1.29 is 9.59 Å². The van der Waals surface area contributed by atoms with E-state index in [1.807, 2.05) is 73.7 Å². The van der Waals surface area contributed by atoms with Gasteiger partial charge >= 0.3 is 0 Å². The molecule has 2 N–H and O–H groups in total. The monoisotopic (exact) mass is 404 g/mol. The van der Waals surface area contributed by atoms with Crippen LogP contribution in [0.25, 0.3) is 0 Å². The molecule has 0 saturated carbocycles. The van der Waals surface area contributed by atoms with Gasteiger partial charge in [-0.2, -0.15) is 0 Å². The predicted molar refractivity (Wildman–Crippen MR) is 120 cm³/mol. The second-order valence-electron chi connectivity index (χ2n) is 6.77. The van der Waals surface area contributed by atoms with Crippen LogP contribution in [0.4, 0.5) is 11.4 Å². The number of benzene rings is 3. The van der Waals surface area contributed by atoms with Crippen LogP contribution in [-0.2, 0) is 16.0 Å². The Hall–Kier alpha value is -3.05. The van der Waals surface area contributed by atoms with E-state index in [9.17, 15) is 9.59 Å². The second kappa shape index (κ2) is 9.94. The lowest BCUT2D eigenvalue weighted by molar-refractivity contribution is -0.115. The molecule has 0 aliphatic rings. The van der Waals surface area contributed by atoms with Gasteiger partial charge in [-0.25, -0.2) is 0 Å². The maximum absolute atomic E-state index is 12.7. The predicted octanol–water partition coefficient (Wildman–Crippen LogP) is 5.36. The number of amides is 2. The van der Waals surface area contributed by atoms with Gasteiger partial charge in [-0.15, -0.1) is 11.8 Å². The number of thioether (sulfide) groups is 1. The minimum atomic E-state index is -0.258. The van der Waals surface area contributed by atoms with E-state index in [4.69, 9.17) is 0 Å². The van der Waals surface area contributed by atoms with Crippen molar-refractivity contribution in [1.29, 1.82) is 0 Å². The van der Waals surface area contributed by atoms with Crippen molar-refractivity contribution in [3.63, 3.8) is 0 Å². The van der Waals surface area contributed by atoms with Crippen molar-refractivity contribution in [2.24, 2.45) is 0 Å². The first-order valence-corrected chi connectivity index (χ1v) is 10.4. The van der Waals surface area contributed by atoms with Crippen LogP contribution in [0.15, 0.2) is 83.8 Å². The smallest absolute Gasteiger partial charge is 0.237 e. The summed E-state index contributed by atoms with van der Waals surface area (Å²) in [5, 5.41) is 5.55. The molecule has 1 atom stereocenters. The molecule has 29 heavy (non-hydrogen) atoms. The van der Waals surface area contributed by atoms with Crippen molar-refractivity contribution in [2.75, 3.05) is 10.6 Å². The van der Waals surface area contributed by atoms with Crippen LogP contribution in [0.3, 0.4) is 0 Å². The van der Waals surface area contributed by atoms with Gasteiger partial charge in [0.1, 0.15) is 0 Å². The SMILES string of the molecule is CC(=O)Nc1ccc(SC(C)C(=O)Nc2ccccc2Cc2ccccc2)cc1. The lowest BCUT2D eigenvalue weighted by atomic mass is 10.0. The van der Waals surface area contributed by atoms with Crippen LogP contribution in [0.1, 0.15) is 25.0 Å². The largest absolute Gasteiger partial charge is 0.326 e. The normalized spacial score (nSPS) is 11.5. The molecule has 0 aromatic heterocycles. The highest BCUT2D eigenvalue weighted by molar-refractivity contribution is 8.00. The maximum Gasteiger partial charge on any atom is 0.237 e. The van der Waals surface area contributed by atoms with Gasteiger partial charge in [0, 0.05) is 23.2 Å². The second-order valence-corrected chi connectivity index (χ2v) is 8.19. The van der Waals surface area contributed by atoms with Crippen LogP contribution in [0, 0.1) is 0 Å². The molecule has 3 rings (SSSR count). The zero-order valence-electron chi connectivity index (χ0n) is 16.5. The third kappa shape index (κ3) is 6.22. The first-order chi connectivity index (χ1) is 14.0. The van der Waals surface area contributed by atoms with Gasteiger partial charge in [-0.05, 0) is 54.8 Å². The molecule has 0 bridgehead atoms. The number of para-hydroxylation sites is 1. The number of hydrogen-bond donors (Lipinski definition) is 2. The molecule has 4 nitrogen and oxygen atoms in total. The Kier molecular flexibility index (Phi) is 7.09. The Morgan fingerprint density at radius 1 is 0.862 bits per heavy atom. The Labute approximate surface area is 175 Å². The molecule has 0 aliphatic heterocycles. The molecule has 0 heterocycles. The first-order valence-electron chi connectivity index (χ1n) is 9.48. The Balaban J connectivity index is 1.63. The molecule has 148 valence electrons. The molecule has 2 amide bonds. The summed E-state index contributed by atoms with van der Waals surface area (Å²) < 4.78 is 0. The summed E-state index contributed by atoms with van der Waals surface area (Å²) in [4.78, 5) is 24.8. The van der Waals surface area contributed by atoms with Crippen molar-refractivity contribution >= 4 is 35.0 Å². The van der Waals surface area contributed by atoms with E-state index in [2.05, 4.69) is 22.8 Å². The van der Waals surface area contributed by atoms with Crippen LogP contribution in [0.5, 0.6) is 0 Å². The third-order valence-corrected chi connectivity index (χ3v) is 5.48. The van der Waals surface area contributed by atoms with E-state index in [1.165, 1.54) is 24.2 Å². The highest BCUT2D eigenvalue weighted by Crippen LogP contribution is 2.26. The van der Waals surface area contributed by atoms with Gasteiger partial charge in [0.05, 0.1) is 5.25 Å². The Bertz CT molecular complexity index is 972. The van der Waals surface area contributed by atoms with Gasteiger partial charge in [0.15, 0.2) is 0 Å². The van der Waals surface area contributed by atoms with Crippen LogP contribution < -0.4 is 10.6 Å². The van der Waals surface area contributed by atoms with Gasteiger partial charge in [0.25, 0.3) is 0 Å². The van der Waals surface area contributed by atoms with Crippen molar-refractivity contribution in [1.82, 2.24) is 0 Å². The summed E-state index contributed by atoms with van der Waals surface area (Å²) in [6.07, 6.45) is 0.767. The minimum absolute atomic E-state index is 0.0403. The van der Waals surface area contributed by atoms with Crippen LogP contribution in [0.2, 0.25) is 0 Å². The van der Waals surface area contributed by atoms with Crippen molar-refractivity contribution in [3.05, 3.63) is 90.0 Å². The Morgan fingerprint density at radius 3 is 2.21 bits per heavy atom. The molecule has 3 aromatic carbocycles. The number of anilines is 2. The topological polar surface area (TPSA) is 58.2 Å². The van der Waals surface area contributed by atoms with Crippen molar-refractivity contribution in [2.45, 2.75) is 30.4 Å². The molecule has 5 heteroatoms. The zero-order valence-corrected chi connectivity index (χ0v) is 17.3. The fourth-order valence-electron chi connectivity index (χ4n) is 2.92. The van der Waals surface area contributed by atoms with Crippen LogP contribution in [-0.4, -0.2) is 17.1 Å². The minimum Gasteiger partial charge on any atom is -0.326 e. The average Bonchev–Trinajstić information content (AvgIpc) is 2.71. The molecule has 0 saturated heterocycles. The van der Waals surface area contributed by atoms with Crippen LogP contribution >= 0.6 is 11.8 Å². The lowest BCUT2D eigenvalue weighted by Gasteiger charge is -2.15. The summed E-state index contributed by atoms with van der Waals surface area (Å²) >= 11 is 1.48. The number of nitrogens with one attached hydrogen (secondary N) is 2. The highest BCUT2D eigenvalue weighted by atomic mass is 32.2. The number of rotatable bonds is 7. The van der Waals surface area contributed by atoms with E-state index >= 15 is 0 Å². The fraction of sp³-hybridized carbons (Fsp3) is 0.167. The van der Waals surface area contributed by atoms with E-state index < -0.39 is 0 Å². The highest BCUT2D eigenvalue weighted by Gasteiger charge is 2.16. The molecule has 3 aromatic rings. The van der Waals surface area contributed by atoms with E-state index in [-0.39, 0.29) is 17.1 Å². The summed E-state index contributed by atoms with van der Waals surface area (Å²) in [6, 6.07) is 25.6. The number of carbonyl (C=O) groups excluding carboxylic acids is 2. The van der Waals surface area contributed by atoms with Gasteiger partial charge in [0.2, 0.25) is 11.8 Å². The van der Waals surface area contributed by atoms with E-state index in [0.29, 0.717) is 0 Å². The summed E-state index contributed by atoms with van der Waals surface area (Å²) in [7, 11) is 0. The molecular formula is C24H24N2O2S. The number of hydrogen-bond acceptors (Lipinski definition) is 3. The molecular weight excluding hydrogens is 380 g/mol. The third-order valence-electron chi connectivity index (χ3n) is 4.37. The summed E-state index contributed by atoms with van der Waals surface area (Å²) in [5.74, 6) is -0.145. The average molecular weight is 405 g/mol. The van der Waals surface area contributed by atoms with E-state index in [0.717, 1.165) is 28.3 Å². The van der Waals surface area contributed by atoms with E-state index in [1.54, 1.807) is 0 Å². The molecule has 0 spiro atoms. The lowest BCUT2D eigenvalue weighted by Crippen LogP contribution is -2.23.